The molecule has 0 saturated carbocycles. The van der Waals surface area contributed by atoms with Crippen LogP contribution >= 0.6 is 27.5 Å². The van der Waals surface area contributed by atoms with Gasteiger partial charge in [0.05, 0.1) is 0 Å². The fourth-order valence-electron chi connectivity index (χ4n) is 1.90. The second kappa shape index (κ2) is 7.78. The van der Waals surface area contributed by atoms with Crippen molar-refractivity contribution in [3.05, 3.63) is 62.8 Å². The molecule has 0 aliphatic heterocycles. The van der Waals surface area contributed by atoms with E-state index in [1.54, 1.807) is 0 Å². The van der Waals surface area contributed by atoms with E-state index in [-0.39, 0.29) is 12.4 Å². The second-order valence-electron chi connectivity index (χ2n) is 4.56. The Hall–Kier alpha value is -1.10. The largest absolute Gasteiger partial charge is 0.489 e. The summed E-state index contributed by atoms with van der Waals surface area (Å²) in [7, 11) is 0. The molecule has 0 aliphatic rings. The van der Waals surface area contributed by atoms with Crippen LogP contribution in [0.25, 0.3) is 0 Å². The lowest BCUT2D eigenvalue weighted by atomic mass is 10.2. The number of benzene rings is 2. The van der Waals surface area contributed by atoms with Gasteiger partial charge >= 0.3 is 0 Å². The van der Waals surface area contributed by atoms with Gasteiger partial charge in [-0.3, -0.25) is 0 Å². The monoisotopic (exact) mass is 371 g/mol. The first kappa shape index (κ1) is 16.3. The third kappa shape index (κ3) is 4.70. The van der Waals surface area contributed by atoms with E-state index in [0.717, 1.165) is 22.3 Å². The van der Waals surface area contributed by atoms with E-state index < -0.39 is 0 Å². The van der Waals surface area contributed by atoms with Crippen molar-refractivity contribution in [1.82, 2.24) is 5.32 Å². The van der Waals surface area contributed by atoms with E-state index in [0.29, 0.717) is 17.1 Å². The van der Waals surface area contributed by atoms with Crippen molar-refractivity contribution >= 4 is 27.5 Å². The normalized spacial score (nSPS) is 10.7. The highest BCUT2D eigenvalue weighted by atomic mass is 79.9. The Morgan fingerprint density at radius 2 is 2.00 bits per heavy atom. The van der Waals surface area contributed by atoms with Gasteiger partial charge in [-0.25, -0.2) is 4.39 Å². The lowest BCUT2D eigenvalue weighted by Gasteiger charge is -2.13. The second-order valence-corrected chi connectivity index (χ2v) is 5.88. The number of ether oxygens (including phenoxy) is 1. The smallest absolute Gasteiger partial charge is 0.124 e. The average molecular weight is 373 g/mol. The van der Waals surface area contributed by atoms with E-state index >= 15 is 0 Å². The summed E-state index contributed by atoms with van der Waals surface area (Å²) in [4.78, 5) is 0. The standard InChI is InChI=1S/C16H16BrClFNO/c1-2-20-9-11-7-13(17)3-6-16(11)21-10-12-8-14(19)4-5-15(12)18/h3-8,20H,2,9-10H2,1H3. The van der Waals surface area contributed by atoms with Gasteiger partial charge in [0.25, 0.3) is 0 Å². The first-order valence-corrected chi connectivity index (χ1v) is 7.83. The predicted octanol–water partition coefficient (Wildman–Crippen LogP) is 4.93. The van der Waals surface area contributed by atoms with Gasteiger partial charge in [-0.05, 0) is 42.9 Å². The van der Waals surface area contributed by atoms with Crippen LogP contribution in [0.15, 0.2) is 40.9 Å². The van der Waals surface area contributed by atoms with Crippen molar-refractivity contribution in [3.63, 3.8) is 0 Å². The van der Waals surface area contributed by atoms with E-state index in [1.807, 2.05) is 25.1 Å². The molecule has 0 bridgehead atoms. The molecule has 0 amide bonds. The molecular weight excluding hydrogens is 357 g/mol. The summed E-state index contributed by atoms with van der Waals surface area (Å²) >= 11 is 9.50. The van der Waals surface area contributed by atoms with Gasteiger partial charge in [-0.2, -0.15) is 0 Å². The molecular formula is C16H16BrClFNO. The average Bonchev–Trinajstić information content (AvgIpc) is 2.47. The van der Waals surface area contributed by atoms with Crippen LogP contribution in [-0.2, 0) is 13.2 Å². The molecule has 112 valence electrons. The molecule has 2 aromatic rings. The molecule has 2 nitrogen and oxygen atoms in total. The zero-order valence-electron chi connectivity index (χ0n) is 11.6. The molecule has 0 fully saturated rings. The maximum Gasteiger partial charge on any atom is 0.124 e. The number of hydrogen-bond acceptors (Lipinski definition) is 2. The zero-order valence-corrected chi connectivity index (χ0v) is 14.0. The maximum atomic E-state index is 13.2. The van der Waals surface area contributed by atoms with Crippen LogP contribution in [0.5, 0.6) is 5.75 Å². The van der Waals surface area contributed by atoms with Crippen LogP contribution in [0, 0.1) is 5.82 Å². The Balaban J connectivity index is 2.13. The molecule has 21 heavy (non-hydrogen) atoms. The van der Waals surface area contributed by atoms with Crippen molar-refractivity contribution in [1.29, 1.82) is 0 Å². The molecule has 5 heteroatoms. The van der Waals surface area contributed by atoms with Crippen molar-refractivity contribution < 1.29 is 9.13 Å². The van der Waals surface area contributed by atoms with Gasteiger partial charge in [0.15, 0.2) is 0 Å². The lowest BCUT2D eigenvalue weighted by Crippen LogP contribution is -2.13. The van der Waals surface area contributed by atoms with Gasteiger partial charge in [-0.1, -0.05) is 34.5 Å². The summed E-state index contributed by atoms with van der Waals surface area (Å²) in [5.74, 6) is 0.446. The van der Waals surface area contributed by atoms with Gasteiger partial charge in [0.2, 0.25) is 0 Å². The molecule has 0 aliphatic carbocycles. The summed E-state index contributed by atoms with van der Waals surface area (Å²) in [6.07, 6.45) is 0. The van der Waals surface area contributed by atoms with Gasteiger partial charge in [0, 0.05) is 27.2 Å². The van der Waals surface area contributed by atoms with Crippen molar-refractivity contribution in [3.8, 4) is 5.75 Å². The molecule has 0 radical (unpaired) electrons. The topological polar surface area (TPSA) is 21.3 Å². The van der Waals surface area contributed by atoms with Gasteiger partial charge in [-0.15, -0.1) is 0 Å². The third-order valence-corrected chi connectivity index (χ3v) is 3.84. The Morgan fingerprint density at radius 1 is 1.19 bits per heavy atom. The third-order valence-electron chi connectivity index (χ3n) is 2.98. The summed E-state index contributed by atoms with van der Waals surface area (Å²) in [5.41, 5.74) is 1.67. The highest BCUT2D eigenvalue weighted by Crippen LogP contribution is 2.25. The van der Waals surface area contributed by atoms with Crippen LogP contribution in [0.4, 0.5) is 4.39 Å². The molecule has 0 heterocycles. The van der Waals surface area contributed by atoms with Crippen LogP contribution in [-0.4, -0.2) is 6.54 Å². The Bertz CT molecular complexity index is 621. The highest BCUT2D eigenvalue weighted by Gasteiger charge is 2.07. The molecule has 2 rings (SSSR count). The quantitative estimate of drug-likeness (QED) is 0.776. The fourth-order valence-corrected chi connectivity index (χ4v) is 2.48. The fraction of sp³-hybridized carbons (Fsp3) is 0.250. The number of halogens is 3. The van der Waals surface area contributed by atoms with E-state index in [1.165, 1.54) is 18.2 Å². The molecule has 0 unspecified atom stereocenters. The Kier molecular flexibility index (Phi) is 6.03. The summed E-state index contributed by atoms with van der Waals surface area (Å²) in [5, 5.41) is 3.77. The molecule has 0 atom stereocenters. The number of hydrogen-bond donors (Lipinski definition) is 1. The lowest BCUT2D eigenvalue weighted by molar-refractivity contribution is 0.301. The maximum absolute atomic E-state index is 13.2. The molecule has 0 saturated heterocycles. The van der Waals surface area contributed by atoms with Gasteiger partial charge in [0.1, 0.15) is 18.2 Å². The Labute approximate surface area is 137 Å². The molecule has 1 N–H and O–H groups in total. The van der Waals surface area contributed by atoms with Crippen LogP contribution in [0.2, 0.25) is 5.02 Å². The van der Waals surface area contributed by atoms with Crippen molar-refractivity contribution in [2.45, 2.75) is 20.1 Å². The summed E-state index contributed by atoms with van der Waals surface area (Å²) in [6, 6.07) is 10.1. The Morgan fingerprint density at radius 3 is 2.76 bits per heavy atom. The SMILES string of the molecule is CCNCc1cc(Br)ccc1OCc1cc(F)ccc1Cl. The molecule has 0 spiro atoms. The number of rotatable bonds is 6. The highest BCUT2D eigenvalue weighted by molar-refractivity contribution is 9.10. The van der Waals surface area contributed by atoms with E-state index in [4.69, 9.17) is 16.3 Å². The first-order chi connectivity index (χ1) is 10.1. The van der Waals surface area contributed by atoms with Crippen LogP contribution in [0.1, 0.15) is 18.1 Å². The van der Waals surface area contributed by atoms with E-state index in [9.17, 15) is 4.39 Å². The van der Waals surface area contributed by atoms with Crippen molar-refractivity contribution in [2.75, 3.05) is 6.54 Å². The zero-order chi connectivity index (χ0) is 15.2. The number of nitrogens with one attached hydrogen (secondary N) is 1. The molecule has 2 aromatic carbocycles. The first-order valence-electron chi connectivity index (χ1n) is 6.66. The van der Waals surface area contributed by atoms with E-state index in [2.05, 4.69) is 21.2 Å². The van der Waals surface area contributed by atoms with Crippen LogP contribution < -0.4 is 10.1 Å². The predicted molar refractivity (Wildman–Crippen MR) is 87.3 cm³/mol. The minimum atomic E-state index is -0.318. The van der Waals surface area contributed by atoms with Crippen molar-refractivity contribution in [2.24, 2.45) is 0 Å². The minimum Gasteiger partial charge on any atom is -0.489 e. The molecule has 0 aromatic heterocycles. The van der Waals surface area contributed by atoms with Crippen LogP contribution in [0.3, 0.4) is 0 Å². The minimum absolute atomic E-state index is 0.233. The summed E-state index contributed by atoms with van der Waals surface area (Å²) < 4.78 is 20.0. The van der Waals surface area contributed by atoms with Gasteiger partial charge < -0.3 is 10.1 Å². The summed E-state index contributed by atoms with van der Waals surface area (Å²) in [6.45, 7) is 3.87.